The average molecular weight is 285 g/mol. The molecule has 0 aliphatic rings. The fraction of sp³-hybridized carbons (Fsp3) is 1.00. The van der Waals surface area contributed by atoms with Crippen LogP contribution in [-0.2, 0) is 14.6 Å². The molecule has 18 heavy (non-hydrogen) atoms. The predicted octanol–water partition coefficient (Wildman–Crippen LogP) is 1.07. The van der Waals surface area contributed by atoms with E-state index in [0.29, 0.717) is 0 Å². The van der Waals surface area contributed by atoms with Crippen molar-refractivity contribution in [3.05, 3.63) is 0 Å². The lowest BCUT2D eigenvalue weighted by Gasteiger charge is -2.36. The van der Waals surface area contributed by atoms with Gasteiger partial charge in [-0.1, -0.05) is 13.3 Å². The molecule has 2 atom stereocenters. The molecule has 0 saturated carbocycles. The van der Waals surface area contributed by atoms with Crippen molar-refractivity contribution in [3.63, 3.8) is 0 Å². The summed E-state index contributed by atoms with van der Waals surface area (Å²) in [4.78, 5) is 0. The van der Waals surface area contributed by atoms with Crippen molar-refractivity contribution in [2.75, 3.05) is 27.2 Å². The fourth-order valence-electron chi connectivity index (χ4n) is 1.33. The maximum Gasteiger partial charge on any atom is 0.217 e. The van der Waals surface area contributed by atoms with Crippen LogP contribution >= 0.6 is 0 Å². The van der Waals surface area contributed by atoms with Crippen molar-refractivity contribution >= 4 is 10.4 Å². The largest absolute Gasteiger partial charge is 0.726 e. The van der Waals surface area contributed by atoms with E-state index in [4.69, 9.17) is 0 Å². The van der Waals surface area contributed by atoms with Crippen LogP contribution in [0.1, 0.15) is 40.0 Å². The van der Waals surface area contributed by atoms with E-state index in [1.54, 1.807) is 0 Å². The van der Waals surface area contributed by atoms with Gasteiger partial charge in [0.1, 0.15) is 0 Å². The van der Waals surface area contributed by atoms with Crippen LogP contribution in [0.5, 0.6) is 0 Å². The standard InChI is InChI=1S/C10H24NO.CH4O4S/c1-5-7-8-9-11(4,6-2)10(3)12;1-5-6(2,3)4/h10,12H,5-9H2,1-4H3;1H3,(H,2,3,4)/q+1;/p-1. The number of aliphatic hydroxyl groups excluding tert-OH is 1. The summed E-state index contributed by atoms with van der Waals surface area (Å²) in [6.07, 6.45) is 3.53. The highest BCUT2D eigenvalue weighted by Crippen LogP contribution is 2.10. The molecule has 0 rings (SSSR count). The van der Waals surface area contributed by atoms with E-state index in [-0.39, 0.29) is 6.23 Å². The lowest BCUT2D eigenvalue weighted by Crippen LogP contribution is -2.51. The van der Waals surface area contributed by atoms with Crippen molar-refractivity contribution < 1.29 is 26.7 Å². The molecule has 6 nitrogen and oxygen atoms in total. The van der Waals surface area contributed by atoms with E-state index >= 15 is 0 Å². The first kappa shape index (κ1) is 20.1. The van der Waals surface area contributed by atoms with Crippen LogP contribution in [0, 0.1) is 0 Å². The Hall–Kier alpha value is -0.210. The van der Waals surface area contributed by atoms with Crippen LogP contribution in [0.2, 0.25) is 0 Å². The van der Waals surface area contributed by atoms with Crippen LogP contribution in [-0.4, -0.2) is 56.0 Å². The fourth-order valence-corrected chi connectivity index (χ4v) is 1.33. The molecular weight excluding hydrogens is 258 g/mol. The minimum atomic E-state index is -4.41. The van der Waals surface area contributed by atoms with Gasteiger partial charge in [-0.15, -0.1) is 0 Å². The summed E-state index contributed by atoms with van der Waals surface area (Å²) < 4.78 is 31.8. The Bertz CT molecular complexity index is 292. The highest BCUT2D eigenvalue weighted by Gasteiger charge is 2.23. The average Bonchev–Trinajstić information content (AvgIpc) is 2.28. The van der Waals surface area contributed by atoms with Gasteiger partial charge in [-0.25, -0.2) is 8.42 Å². The SMILES string of the molecule is CCCCC[N+](C)(CC)C(C)O.COS(=O)(=O)[O-]. The second-order valence-corrected chi connectivity index (χ2v) is 5.58. The molecule has 0 aromatic heterocycles. The highest BCUT2D eigenvalue weighted by molar-refractivity contribution is 7.80. The minimum Gasteiger partial charge on any atom is -0.726 e. The maximum atomic E-state index is 9.54. The first-order valence-electron chi connectivity index (χ1n) is 6.16. The third kappa shape index (κ3) is 10.9. The maximum absolute atomic E-state index is 9.54. The number of quaternary nitrogens is 1. The van der Waals surface area contributed by atoms with Gasteiger partial charge in [0.25, 0.3) is 0 Å². The quantitative estimate of drug-likeness (QED) is 0.249. The molecule has 0 bridgehead atoms. The van der Waals surface area contributed by atoms with Crippen LogP contribution < -0.4 is 0 Å². The number of hydrogen-bond donors (Lipinski definition) is 1. The summed E-state index contributed by atoms with van der Waals surface area (Å²) >= 11 is 0. The van der Waals surface area contributed by atoms with Crippen LogP contribution in [0.25, 0.3) is 0 Å². The van der Waals surface area contributed by atoms with Crippen molar-refractivity contribution in [2.24, 2.45) is 0 Å². The highest BCUT2D eigenvalue weighted by atomic mass is 32.3. The second kappa shape index (κ2) is 9.69. The minimum absolute atomic E-state index is 0.230. The first-order chi connectivity index (χ1) is 8.13. The van der Waals surface area contributed by atoms with Crippen molar-refractivity contribution in [2.45, 2.75) is 46.3 Å². The van der Waals surface area contributed by atoms with E-state index in [0.717, 1.165) is 24.7 Å². The van der Waals surface area contributed by atoms with Crippen LogP contribution in [0.15, 0.2) is 0 Å². The Morgan fingerprint density at radius 2 is 1.78 bits per heavy atom. The normalized spacial score (nSPS) is 16.4. The van der Waals surface area contributed by atoms with E-state index in [2.05, 4.69) is 25.1 Å². The van der Waals surface area contributed by atoms with E-state index in [1.165, 1.54) is 19.3 Å². The Balaban J connectivity index is 0. The summed E-state index contributed by atoms with van der Waals surface area (Å²) in [5, 5.41) is 9.54. The molecule has 1 N–H and O–H groups in total. The molecule has 0 fully saturated rings. The Morgan fingerprint density at radius 3 is 2.00 bits per heavy atom. The molecule has 0 aliphatic heterocycles. The Morgan fingerprint density at radius 1 is 1.33 bits per heavy atom. The Kier molecular flexibility index (Phi) is 10.8. The summed E-state index contributed by atoms with van der Waals surface area (Å²) in [6, 6.07) is 0. The van der Waals surface area contributed by atoms with Crippen LogP contribution in [0.3, 0.4) is 0 Å². The van der Waals surface area contributed by atoms with Crippen molar-refractivity contribution in [3.8, 4) is 0 Å². The lowest BCUT2D eigenvalue weighted by molar-refractivity contribution is -0.950. The van der Waals surface area contributed by atoms with Crippen molar-refractivity contribution in [1.82, 2.24) is 0 Å². The zero-order valence-electron chi connectivity index (χ0n) is 12.0. The zero-order chi connectivity index (χ0) is 14.8. The predicted molar refractivity (Wildman–Crippen MR) is 69.5 cm³/mol. The molecule has 0 saturated heterocycles. The van der Waals surface area contributed by atoms with Gasteiger partial charge < -0.3 is 14.1 Å². The molecule has 0 spiro atoms. The van der Waals surface area contributed by atoms with Crippen molar-refractivity contribution in [1.29, 1.82) is 0 Å². The number of nitrogens with zero attached hydrogens (tertiary/aromatic N) is 1. The molecule has 0 aliphatic carbocycles. The third-order valence-corrected chi connectivity index (χ3v) is 3.51. The summed E-state index contributed by atoms with van der Waals surface area (Å²) in [6.45, 7) is 8.34. The number of aliphatic hydroxyl groups is 1. The summed E-state index contributed by atoms with van der Waals surface area (Å²) in [5.74, 6) is 0. The van der Waals surface area contributed by atoms with Gasteiger partial charge in [-0.05, 0) is 19.8 Å². The van der Waals surface area contributed by atoms with Gasteiger partial charge in [-0.3, -0.25) is 4.18 Å². The van der Waals surface area contributed by atoms with Gasteiger partial charge >= 0.3 is 0 Å². The number of rotatable bonds is 7. The third-order valence-electron chi connectivity index (χ3n) is 3.10. The molecule has 0 amide bonds. The molecule has 112 valence electrons. The number of hydrogen-bond acceptors (Lipinski definition) is 5. The molecule has 0 aromatic rings. The Labute approximate surface area is 111 Å². The van der Waals surface area contributed by atoms with Gasteiger partial charge in [-0.2, -0.15) is 0 Å². The van der Waals surface area contributed by atoms with Gasteiger partial charge in [0.05, 0.1) is 27.2 Å². The molecule has 2 unspecified atom stereocenters. The molecule has 0 heterocycles. The molecule has 0 radical (unpaired) electrons. The molecule has 0 aromatic carbocycles. The first-order valence-corrected chi connectivity index (χ1v) is 7.50. The lowest BCUT2D eigenvalue weighted by atomic mass is 10.2. The van der Waals surface area contributed by atoms with E-state index in [1.807, 2.05) is 6.92 Å². The smallest absolute Gasteiger partial charge is 0.217 e. The van der Waals surface area contributed by atoms with Gasteiger partial charge in [0.15, 0.2) is 6.23 Å². The van der Waals surface area contributed by atoms with Crippen LogP contribution in [0.4, 0.5) is 0 Å². The summed E-state index contributed by atoms with van der Waals surface area (Å²) in [7, 11) is -1.48. The molecular formula is C11H27NO5S. The molecule has 7 heteroatoms. The zero-order valence-corrected chi connectivity index (χ0v) is 12.9. The second-order valence-electron chi connectivity index (χ2n) is 4.43. The van der Waals surface area contributed by atoms with E-state index < -0.39 is 10.4 Å². The van der Waals surface area contributed by atoms with Gasteiger partial charge in [0, 0.05) is 6.92 Å². The number of unbranched alkanes of at least 4 members (excludes halogenated alkanes) is 2. The summed E-state index contributed by atoms with van der Waals surface area (Å²) in [5.41, 5.74) is 0. The van der Waals surface area contributed by atoms with Gasteiger partial charge in [0.2, 0.25) is 10.4 Å². The van der Waals surface area contributed by atoms with E-state index in [9.17, 15) is 18.1 Å². The topological polar surface area (TPSA) is 86.7 Å². The monoisotopic (exact) mass is 285 g/mol.